The first-order valence-corrected chi connectivity index (χ1v) is 9.62. The number of hydrogen-bond acceptors (Lipinski definition) is 3. The third-order valence-corrected chi connectivity index (χ3v) is 6.34. The lowest BCUT2D eigenvalue weighted by Gasteiger charge is -2.27. The molecule has 0 spiro atoms. The minimum atomic E-state index is -0.945. The molecule has 0 aliphatic heterocycles. The number of amides is 1. The highest BCUT2D eigenvalue weighted by atomic mass is 35.5. The molecule has 5 rings (SSSR count). The number of nitrogens with zero attached hydrogens (tertiary/aromatic N) is 1. The van der Waals surface area contributed by atoms with Crippen molar-refractivity contribution in [1.29, 1.82) is 0 Å². The molecule has 3 aromatic rings. The molecule has 1 aromatic heterocycles. The van der Waals surface area contributed by atoms with Gasteiger partial charge in [-0.1, -0.05) is 29.3 Å². The van der Waals surface area contributed by atoms with E-state index >= 15 is 0 Å². The lowest BCUT2D eigenvalue weighted by atomic mass is 9.86. The summed E-state index contributed by atoms with van der Waals surface area (Å²) < 4.78 is 0. The summed E-state index contributed by atoms with van der Waals surface area (Å²) in [6, 6.07) is 10.6. The van der Waals surface area contributed by atoms with Gasteiger partial charge in [0.2, 0.25) is 0 Å². The number of carbonyl (C=O) groups excluding carboxylic acids is 1. The van der Waals surface area contributed by atoms with Crippen molar-refractivity contribution in [2.45, 2.75) is 24.5 Å². The zero-order chi connectivity index (χ0) is 18.8. The van der Waals surface area contributed by atoms with Gasteiger partial charge in [0.15, 0.2) is 0 Å². The van der Waals surface area contributed by atoms with Gasteiger partial charge in [0.25, 0.3) is 5.91 Å². The molecule has 1 amide bonds. The molecule has 7 heteroatoms. The molecule has 2 fully saturated rings. The molecular formula is C20H17Cl2N3O2. The van der Waals surface area contributed by atoms with Crippen molar-refractivity contribution in [3.63, 3.8) is 0 Å². The van der Waals surface area contributed by atoms with Gasteiger partial charge < -0.3 is 10.4 Å². The summed E-state index contributed by atoms with van der Waals surface area (Å²) in [6.07, 6.45) is 2.92. The molecule has 2 saturated carbocycles. The van der Waals surface area contributed by atoms with Gasteiger partial charge >= 0.3 is 0 Å². The molecule has 138 valence electrons. The topological polar surface area (TPSA) is 78.0 Å². The molecule has 2 aliphatic rings. The van der Waals surface area contributed by atoms with Crippen LogP contribution in [-0.4, -0.2) is 27.3 Å². The summed E-state index contributed by atoms with van der Waals surface area (Å²) >= 11 is 12.2. The van der Waals surface area contributed by atoms with Crippen molar-refractivity contribution in [2.24, 2.45) is 11.8 Å². The van der Waals surface area contributed by atoms with Crippen LogP contribution in [0.2, 0.25) is 10.0 Å². The van der Waals surface area contributed by atoms with E-state index in [1.807, 2.05) is 6.07 Å². The van der Waals surface area contributed by atoms with E-state index in [4.69, 9.17) is 23.2 Å². The van der Waals surface area contributed by atoms with E-state index in [9.17, 15) is 9.90 Å². The number of halogens is 2. The third kappa shape index (κ3) is 2.81. The standard InChI is InChI=1S/C20H17Cl2N3O2/c21-11-3-1-2-10(4-11)19(26)24-18-13-7-20(27,8-14(13)18)16-5-12(22)6-17-15(16)9-23-25-17/h1-6,9,13-14,18,27H,7-8H2,(H,23,25)(H,24,26)/t13-,14+,18+,20+. The monoisotopic (exact) mass is 401 g/mol. The van der Waals surface area contributed by atoms with Gasteiger partial charge in [-0.25, -0.2) is 0 Å². The predicted molar refractivity (Wildman–Crippen MR) is 104 cm³/mol. The molecule has 0 bridgehead atoms. The number of aromatic amines is 1. The Morgan fingerprint density at radius 3 is 2.70 bits per heavy atom. The van der Waals surface area contributed by atoms with E-state index in [1.165, 1.54) is 0 Å². The van der Waals surface area contributed by atoms with Crippen LogP contribution in [0.15, 0.2) is 42.6 Å². The molecule has 27 heavy (non-hydrogen) atoms. The lowest BCUT2D eigenvalue weighted by molar-refractivity contribution is 0.0293. The minimum Gasteiger partial charge on any atom is -0.385 e. The Labute approximate surface area is 165 Å². The number of H-pyrrole nitrogens is 1. The fourth-order valence-corrected chi connectivity index (χ4v) is 4.97. The second-order valence-electron chi connectivity index (χ2n) is 7.56. The summed E-state index contributed by atoms with van der Waals surface area (Å²) in [5.74, 6) is 0.401. The Kier molecular flexibility index (Phi) is 3.76. The SMILES string of the molecule is O=C(N[C@H]1[C@@H]2C[C@@](O)(c3cc(Cl)cc4[nH]ncc34)C[C@@H]21)c1cccc(Cl)c1. The smallest absolute Gasteiger partial charge is 0.251 e. The van der Waals surface area contributed by atoms with Crippen LogP contribution < -0.4 is 5.32 Å². The number of hydrogen-bond donors (Lipinski definition) is 3. The minimum absolute atomic E-state index is 0.0933. The average molecular weight is 402 g/mol. The van der Waals surface area contributed by atoms with Crippen LogP contribution in [0, 0.1) is 11.8 Å². The molecular weight excluding hydrogens is 385 g/mol. The van der Waals surface area contributed by atoms with Crippen LogP contribution in [0.1, 0.15) is 28.8 Å². The Hall–Kier alpha value is -2.08. The van der Waals surface area contributed by atoms with E-state index in [-0.39, 0.29) is 23.8 Å². The third-order valence-electron chi connectivity index (χ3n) is 5.89. The van der Waals surface area contributed by atoms with Crippen LogP contribution >= 0.6 is 23.2 Å². The van der Waals surface area contributed by atoms with Crippen LogP contribution in [-0.2, 0) is 5.60 Å². The number of nitrogens with one attached hydrogen (secondary N) is 2. The van der Waals surface area contributed by atoms with Gasteiger partial charge in [-0.15, -0.1) is 0 Å². The number of fused-ring (bicyclic) bond motifs is 2. The quantitative estimate of drug-likeness (QED) is 0.622. The van der Waals surface area contributed by atoms with E-state index < -0.39 is 5.60 Å². The summed E-state index contributed by atoms with van der Waals surface area (Å²) in [6.45, 7) is 0. The molecule has 0 saturated heterocycles. The zero-order valence-electron chi connectivity index (χ0n) is 14.2. The highest BCUT2D eigenvalue weighted by molar-refractivity contribution is 6.31. The van der Waals surface area contributed by atoms with E-state index in [1.54, 1.807) is 36.5 Å². The first-order chi connectivity index (χ1) is 12.9. The first-order valence-electron chi connectivity index (χ1n) is 8.86. The molecule has 0 radical (unpaired) electrons. The van der Waals surface area contributed by atoms with E-state index in [0.29, 0.717) is 28.5 Å². The Morgan fingerprint density at radius 1 is 1.19 bits per heavy atom. The number of benzene rings is 2. The number of aliphatic hydroxyl groups is 1. The fourth-order valence-electron chi connectivity index (χ4n) is 4.56. The van der Waals surface area contributed by atoms with E-state index in [0.717, 1.165) is 16.5 Å². The number of aromatic nitrogens is 2. The van der Waals surface area contributed by atoms with Crippen LogP contribution in [0.4, 0.5) is 0 Å². The highest BCUT2D eigenvalue weighted by Crippen LogP contribution is 2.60. The van der Waals surface area contributed by atoms with Crippen LogP contribution in [0.5, 0.6) is 0 Å². The molecule has 2 aliphatic carbocycles. The maximum Gasteiger partial charge on any atom is 0.251 e. The Morgan fingerprint density at radius 2 is 1.96 bits per heavy atom. The normalized spacial score (nSPS) is 28.9. The molecule has 1 heterocycles. The van der Waals surface area contributed by atoms with Gasteiger partial charge in [0, 0.05) is 27.0 Å². The largest absolute Gasteiger partial charge is 0.385 e. The highest BCUT2D eigenvalue weighted by Gasteiger charge is 2.62. The van der Waals surface area contributed by atoms with E-state index in [2.05, 4.69) is 15.5 Å². The summed E-state index contributed by atoms with van der Waals surface area (Å²) in [5.41, 5.74) is 1.24. The van der Waals surface area contributed by atoms with Gasteiger partial charge in [-0.3, -0.25) is 9.89 Å². The van der Waals surface area contributed by atoms with Crippen molar-refractivity contribution in [3.8, 4) is 0 Å². The maximum absolute atomic E-state index is 12.4. The fraction of sp³-hybridized carbons (Fsp3) is 0.300. The van der Waals surface area contributed by atoms with Crippen molar-refractivity contribution in [1.82, 2.24) is 15.5 Å². The molecule has 0 unspecified atom stereocenters. The average Bonchev–Trinajstić information content (AvgIpc) is 3.01. The van der Waals surface area contributed by atoms with Gasteiger partial charge in [-0.2, -0.15) is 5.10 Å². The molecule has 4 atom stereocenters. The Balaban J connectivity index is 1.33. The maximum atomic E-state index is 12.4. The lowest BCUT2D eigenvalue weighted by Crippen LogP contribution is -2.33. The molecule has 2 aromatic carbocycles. The van der Waals surface area contributed by atoms with Gasteiger partial charge in [0.05, 0.1) is 17.3 Å². The second-order valence-corrected chi connectivity index (χ2v) is 8.43. The summed E-state index contributed by atoms with van der Waals surface area (Å²) in [4.78, 5) is 12.4. The van der Waals surface area contributed by atoms with Gasteiger partial charge in [0.1, 0.15) is 0 Å². The van der Waals surface area contributed by atoms with Crippen molar-refractivity contribution >= 4 is 40.0 Å². The zero-order valence-corrected chi connectivity index (χ0v) is 15.8. The van der Waals surface area contributed by atoms with Crippen molar-refractivity contribution < 1.29 is 9.90 Å². The van der Waals surface area contributed by atoms with Crippen molar-refractivity contribution in [2.75, 3.05) is 0 Å². The Bertz CT molecular complexity index is 1050. The first kappa shape index (κ1) is 17.0. The van der Waals surface area contributed by atoms with Crippen molar-refractivity contribution in [3.05, 3.63) is 63.8 Å². The van der Waals surface area contributed by atoms with Gasteiger partial charge in [-0.05, 0) is 60.6 Å². The van der Waals surface area contributed by atoms with Crippen LogP contribution in [0.3, 0.4) is 0 Å². The number of rotatable bonds is 3. The van der Waals surface area contributed by atoms with Crippen LogP contribution in [0.25, 0.3) is 10.9 Å². The number of carbonyl (C=O) groups is 1. The predicted octanol–water partition coefficient (Wildman–Crippen LogP) is 3.90. The summed E-state index contributed by atoms with van der Waals surface area (Å²) in [7, 11) is 0. The molecule has 3 N–H and O–H groups in total. The summed E-state index contributed by atoms with van der Waals surface area (Å²) in [5, 5.41) is 23.3. The second kappa shape index (κ2) is 5.96. The molecule has 5 nitrogen and oxygen atoms in total.